The van der Waals surface area contributed by atoms with Gasteiger partial charge in [0.1, 0.15) is 11.6 Å². The van der Waals surface area contributed by atoms with Crippen LogP contribution in [0.2, 0.25) is 0 Å². The average Bonchev–Trinajstić information content (AvgIpc) is 2.31. The molecule has 2 aromatic rings. The topological polar surface area (TPSA) is 50.9 Å². The van der Waals surface area contributed by atoms with E-state index in [1.807, 2.05) is 0 Å². The number of nitrogen functional groups attached to an aromatic ring is 1. The van der Waals surface area contributed by atoms with E-state index < -0.39 is 17.5 Å². The van der Waals surface area contributed by atoms with Gasteiger partial charge in [-0.25, -0.2) is 18.2 Å². The van der Waals surface area contributed by atoms with E-state index in [0.717, 1.165) is 11.6 Å². The number of nitrogens with one attached hydrogen (secondary N) is 1. The first-order valence-corrected chi connectivity index (χ1v) is 5.11. The largest absolute Gasteiger partial charge is 0.397 e. The highest BCUT2D eigenvalue weighted by Crippen LogP contribution is 2.23. The van der Waals surface area contributed by atoms with Crippen LogP contribution in [0.15, 0.2) is 24.4 Å². The van der Waals surface area contributed by atoms with Crippen molar-refractivity contribution in [3.63, 3.8) is 0 Å². The third-order valence-corrected chi connectivity index (χ3v) is 2.42. The van der Waals surface area contributed by atoms with Gasteiger partial charge in [-0.05, 0) is 18.6 Å². The van der Waals surface area contributed by atoms with E-state index in [1.165, 1.54) is 6.20 Å². The summed E-state index contributed by atoms with van der Waals surface area (Å²) in [6, 6.07) is 2.79. The Morgan fingerprint density at radius 2 is 1.72 bits per heavy atom. The lowest BCUT2D eigenvalue weighted by atomic mass is 10.2. The molecule has 0 aliphatic heterocycles. The van der Waals surface area contributed by atoms with Crippen LogP contribution in [-0.2, 0) is 0 Å². The van der Waals surface area contributed by atoms with Gasteiger partial charge in [0, 0.05) is 12.1 Å². The lowest BCUT2D eigenvalue weighted by Crippen LogP contribution is -2.00. The molecule has 0 radical (unpaired) electrons. The normalized spacial score (nSPS) is 10.4. The van der Waals surface area contributed by atoms with Gasteiger partial charge in [-0.15, -0.1) is 0 Å². The van der Waals surface area contributed by atoms with Crippen LogP contribution >= 0.6 is 0 Å². The van der Waals surface area contributed by atoms with E-state index in [-0.39, 0.29) is 5.69 Å². The van der Waals surface area contributed by atoms with Crippen LogP contribution < -0.4 is 11.1 Å². The zero-order valence-electron chi connectivity index (χ0n) is 9.47. The molecular weight excluding hydrogens is 243 g/mol. The second-order valence-electron chi connectivity index (χ2n) is 3.80. The van der Waals surface area contributed by atoms with Gasteiger partial charge in [-0.1, -0.05) is 0 Å². The van der Waals surface area contributed by atoms with Crippen molar-refractivity contribution in [2.45, 2.75) is 6.92 Å². The molecule has 18 heavy (non-hydrogen) atoms. The van der Waals surface area contributed by atoms with Crippen molar-refractivity contribution >= 4 is 17.2 Å². The maximum atomic E-state index is 13.4. The Morgan fingerprint density at radius 1 is 1.06 bits per heavy atom. The van der Waals surface area contributed by atoms with E-state index in [4.69, 9.17) is 5.73 Å². The van der Waals surface area contributed by atoms with Gasteiger partial charge < -0.3 is 11.1 Å². The number of pyridine rings is 1. The Balaban J connectivity index is 2.34. The fraction of sp³-hybridized carbons (Fsp3) is 0.0833. The fourth-order valence-corrected chi connectivity index (χ4v) is 1.39. The van der Waals surface area contributed by atoms with Crippen LogP contribution in [-0.4, -0.2) is 4.98 Å². The van der Waals surface area contributed by atoms with E-state index >= 15 is 0 Å². The number of aromatic nitrogens is 1. The second-order valence-corrected chi connectivity index (χ2v) is 3.80. The molecule has 2 rings (SSSR count). The fourth-order valence-electron chi connectivity index (χ4n) is 1.39. The summed E-state index contributed by atoms with van der Waals surface area (Å²) in [5.41, 5.74) is 6.63. The Labute approximate surface area is 101 Å². The van der Waals surface area contributed by atoms with Crippen molar-refractivity contribution in [1.29, 1.82) is 0 Å². The minimum absolute atomic E-state index is 0.189. The third-order valence-electron chi connectivity index (χ3n) is 2.42. The molecule has 6 heteroatoms. The van der Waals surface area contributed by atoms with Crippen LogP contribution in [0.1, 0.15) is 5.56 Å². The van der Waals surface area contributed by atoms with Crippen LogP contribution in [0.5, 0.6) is 0 Å². The molecule has 1 heterocycles. The molecule has 0 saturated carbocycles. The summed E-state index contributed by atoms with van der Waals surface area (Å²) in [5, 5.41) is 2.56. The minimum Gasteiger partial charge on any atom is -0.397 e. The van der Waals surface area contributed by atoms with Crippen molar-refractivity contribution in [3.05, 3.63) is 47.4 Å². The monoisotopic (exact) mass is 253 g/mol. The molecule has 0 amide bonds. The Hall–Kier alpha value is -2.24. The predicted molar refractivity (Wildman–Crippen MR) is 63.0 cm³/mol. The smallest absolute Gasteiger partial charge is 0.161 e. The van der Waals surface area contributed by atoms with Crippen molar-refractivity contribution in [2.24, 2.45) is 0 Å². The Morgan fingerprint density at radius 3 is 2.39 bits per heavy atom. The zero-order chi connectivity index (χ0) is 13.3. The number of aryl methyl sites for hydroxylation is 1. The molecule has 0 unspecified atom stereocenters. The summed E-state index contributed by atoms with van der Waals surface area (Å²) in [6.45, 7) is 1.75. The van der Waals surface area contributed by atoms with E-state index in [1.54, 1.807) is 13.0 Å². The van der Waals surface area contributed by atoms with E-state index in [2.05, 4.69) is 10.3 Å². The number of rotatable bonds is 2. The number of anilines is 3. The molecule has 1 aromatic heterocycles. The van der Waals surface area contributed by atoms with Crippen molar-refractivity contribution in [2.75, 3.05) is 11.1 Å². The minimum atomic E-state index is -1.24. The van der Waals surface area contributed by atoms with E-state index in [9.17, 15) is 13.2 Å². The zero-order valence-corrected chi connectivity index (χ0v) is 9.47. The lowest BCUT2D eigenvalue weighted by Gasteiger charge is -2.09. The van der Waals surface area contributed by atoms with Gasteiger partial charge in [0.2, 0.25) is 0 Å². The molecule has 1 aromatic carbocycles. The highest BCUT2D eigenvalue weighted by molar-refractivity contribution is 5.60. The predicted octanol–water partition coefficient (Wildman–Crippen LogP) is 3.13. The number of halogens is 3. The van der Waals surface area contributed by atoms with Crippen molar-refractivity contribution in [1.82, 2.24) is 4.98 Å². The molecule has 94 valence electrons. The maximum absolute atomic E-state index is 13.4. The summed E-state index contributed by atoms with van der Waals surface area (Å²) in [4.78, 5) is 3.91. The quantitative estimate of drug-likeness (QED) is 0.808. The molecule has 0 aliphatic rings. The number of nitrogens with two attached hydrogens (primary N) is 1. The summed E-state index contributed by atoms with van der Waals surface area (Å²) in [6.07, 6.45) is 1.40. The van der Waals surface area contributed by atoms with Crippen LogP contribution in [0.4, 0.5) is 30.4 Å². The molecule has 0 bridgehead atoms. The second kappa shape index (κ2) is 4.56. The average molecular weight is 253 g/mol. The number of benzene rings is 1. The Kier molecular flexibility index (Phi) is 3.10. The summed E-state index contributed by atoms with van der Waals surface area (Å²) in [7, 11) is 0. The summed E-state index contributed by atoms with van der Waals surface area (Å²) >= 11 is 0. The summed E-state index contributed by atoms with van der Waals surface area (Å²) in [5.74, 6) is -2.97. The molecule has 0 saturated heterocycles. The first-order valence-electron chi connectivity index (χ1n) is 5.11. The molecule has 0 aliphatic carbocycles. The molecule has 3 nitrogen and oxygen atoms in total. The van der Waals surface area contributed by atoms with Crippen LogP contribution in [0.3, 0.4) is 0 Å². The van der Waals surface area contributed by atoms with Gasteiger partial charge in [0.15, 0.2) is 11.6 Å². The van der Waals surface area contributed by atoms with Gasteiger partial charge in [0.25, 0.3) is 0 Å². The van der Waals surface area contributed by atoms with E-state index in [0.29, 0.717) is 17.6 Å². The molecule has 0 fully saturated rings. The first kappa shape index (κ1) is 12.2. The molecule has 3 N–H and O–H groups in total. The van der Waals surface area contributed by atoms with Gasteiger partial charge >= 0.3 is 0 Å². The third kappa shape index (κ3) is 2.37. The lowest BCUT2D eigenvalue weighted by molar-refractivity contribution is 0.496. The van der Waals surface area contributed by atoms with Crippen molar-refractivity contribution < 1.29 is 13.2 Å². The highest BCUT2D eigenvalue weighted by Gasteiger charge is 2.10. The van der Waals surface area contributed by atoms with Gasteiger partial charge in [-0.3, -0.25) is 0 Å². The van der Waals surface area contributed by atoms with Crippen molar-refractivity contribution in [3.8, 4) is 0 Å². The molecular formula is C12H10F3N3. The van der Waals surface area contributed by atoms with Gasteiger partial charge in [-0.2, -0.15) is 0 Å². The maximum Gasteiger partial charge on any atom is 0.161 e. The molecule has 0 atom stereocenters. The van der Waals surface area contributed by atoms with Crippen LogP contribution in [0, 0.1) is 24.4 Å². The number of hydrogen-bond donors (Lipinski definition) is 2. The molecule has 0 spiro atoms. The van der Waals surface area contributed by atoms with Crippen LogP contribution in [0.25, 0.3) is 0 Å². The summed E-state index contributed by atoms with van der Waals surface area (Å²) < 4.78 is 39.1. The Bertz CT molecular complexity index is 599. The SMILES string of the molecule is Cc1cc(Nc2cc(F)c(F)cc2F)ncc1N. The number of nitrogens with zero attached hydrogens (tertiary/aromatic N) is 1. The standard InChI is InChI=1S/C12H10F3N3/c1-6-2-12(17-5-10(6)16)18-11-4-8(14)7(13)3-9(11)15/h2-5H,16H2,1H3,(H,17,18). The number of hydrogen-bond acceptors (Lipinski definition) is 3. The first-order chi connectivity index (χ1) is 8.47. The van der Waals surface area contributed by atoms with Gasteiger partial charge in [0.05, 0.1) is 17.6 Å². The highest BCUT2D eigenvalue weighted by atomic mass is 19.2.